The molecule has 0 saturated heterocycles. The maximum Gasteiger partial charge on any atom is 0.119 e. The van der Waals surface area contributed by atoms with E-state index in [1.54, 1.807) is 0 Å². The average Bonchev–Trinajstić information content (AvgIpc) is 2.34. The number of hydrogen-bond donors (Lipinski definition) is 1. The summed E-state index contributed by atoms with van der Waals surface area (Å²) in [5.74, 6) is 0.394. The van der Waals surface area contributed by atoms with Crippen LogP contribution in [0.1, 0.15) is 27.8 Å². The molecule has 0 bridgehead atoms. The van der Waals surface area contributed by atoms with E-state index in [4.69, 9.17) is 0 Å². The van der Waals surface area contributed by atoms with E-state index in [1.165, 1.54) is 11.1 Å². The summed E-state index contributed by atoms with van der Waals surface area (Å²) in [4.78, 5) is 0. The zero-order chi connectivity index (χ0) is 13.8. The molecule has 0 aliphatic heterocycles. The molecule has 0 amide bonds. The van der Waals surface area contributed by atoms with Crippen molar-refractivity contribution in [1.82, 2.24) is 0 Å². The van der Waals surface area contributed by atoms with Crippen LogP contribution in [0.4, 0.5) is 0 Å². The molecule has 2 aromatic carbocycles. The van der Waals surface area contributed by atoms with Crippen molar-refractivity contribution in [1.29, 1.82) is 0 Å². The lowest BCUT2D eigenvalue weighted by Gasteiger charge is -2.07. The molecule has 1 heteroatoms. The molecule has 1 nitrogen and oxygen atoms in total. The third-order valence-corrected chi connectivity index (χ3v) is 3.30. The molecule has 0 saturated carbocycles. The largest absolute Gasteiger partial charge is 0.508 e. The van der Waals surface area contributed by atoms with Crippen molar-refractivity contribution in [2.75, 3.05) is 0 Å². The van der Waals surface area contributed by atoms with Gasteiger partial charge in [0.2, 0.25) is 0 Å². The second kappa shape index (κ2) is 5.75. The van der Waals surface area contributed by atoms with E-state index in [2.05, 4.69) is 49.4 Å². The first kappa shape index (κ1) is 13.4. The second-order valence-corrected chi connectivity index (χ2v) is 5.10. The monoisotopic (exact) mass is 252 g/mol. The van der Waals surface area contributed by atoms with Gasteiger partial charge < -0.3 is 5.11 Å². The maximum atomic E-state index is 9.97. The molecular weight excluding hydrogens is 232 g/mol. The van der Waals surface area contributed by atoms with Gasteiger partial charge in [0, 0.05) is 5.56 Å². The number of benzene rings is 2. The number of aryl methyl sites for hydroxylation is 3. The van der Waals surface area contributed by atoms with E-state index in [0.717, 1.165) is 23.1 Å². The fourth-order valence-electron chi connectivity index (χ4n) is 2.23. The van der Waals surface area contributed by atoms with Crippen LogP contribution in [0.3, 0.4) is 0 Å². The first-order valence-electron chi connectivity index (χ1n) is 6.58. The third-order valence-electron chi connectivity index (χ3n) is 3.30. The Labute approximate surface area is 115 Å². The normalized spacial score (nSPS) is 11.1. The van der Waals surface area contributed by atoms with E-state index in [-0.39, 0.29) is 0 Å². The van der Waals surface area contributed by atoms with Gasteiger partial charge in [0.15, 0.2) is 0 Å². The smallest absolute Gasteiger partial charge is 0.119 e. The number of hydrogen-bond acceptors (Lipinski definition) is 1. The van der Waals surface area contributed by atoms with Gasteiger partial charge in [-0.2, -0.15) is 0 Å². The highest BCUT2D eigenvalue weighted by atomic mass is 16.3. The molecule has 2 aromatic rings. The third kappa shape index (κ3) is 3.47. The molecule has 0 atom stereocenters. The highest BCUT2D eigenvalue weighted by Gasteiger charge is 2.03. The zero-order valence-corrected chi connectivity index (χ0v) is 11.8. The highest BCUT2D eigenvalue weighted by molar-refractivity contribution is 5.51. The molecular formula is C18H20O. The molecule has 2 rings (SSSR count). The van der Waals surface area contributed by atoms with Crippen LogP contribution in [-0.4, -0.2) is 5.11 Å². The Kier molecular flexibility index (Phi) is 4.06. The van der Waals surface area contributed by atoms with Gasteiger partial charge in [0.05, 0.1) is 0 Å². The van der Waals surface area contributed by atoms with Gasteiger partial charge in [-0.1, -0.05) is 48.0 Å². The topological polar surface area (TPSA) is 20.2 Å². The van der Waals surface area contributed by atoms with Crippen LogP contribution >= 0.6 is 0 Å². The van der Waals surface area contributed by atoms with Crippen molar-refractivity contribution >= 4 is 6.08 Å². The lowest BCUT2D eigenvalue weighted by atomic mass is 10.0. The quantitative estimate of drug-likeness (QED) is 0.848. The van der Waals surface area contributed by atoms with Crippen molar-refractivity contribution < 1.29 is 5.11 Å². The summed E-state index contributed by atoms with van der Waals surface area (Å²) in [7, 11) is 0. The van der Waals surface area contributed by atoms with Crippen LogP contribution in [0.15, 0.2) is 42.5 Å². The Balaban J connectivity index is 2.12. The van der Waals surface area contributed by atoms with Crippen LogP contribution in [0, 0.1) is 20.8 Å². The first-order valence-corrected chi connectivity index (χ1v) is 6.58. The van der Waals surface area contributed by atoms with E-state index < -0.39 is 0 Å². The van der Waals surface area contributed by atoms with Gasteiger partial charge in [0.25, 0.3) is 0 Å². The number of phenolic OH excluding ortho intramolecular Hbond substituents is 1. The minimum Gasteiger partial charge on any atom is -0.508 e. The van der Waals surface area contributed by atoms with Crippen molar-refractivity contribution in [2.24, 2.45) is 0 Å². The Morgan fingerprint density at radius 2 is 1.63 bits per heavy atom. The second-order valence-electron chi connectivity index (χ2n) is 5.10. The van der Waals surface area contributed by atoms with E-state index >= 15 is 0 Å². The molecule has 19 heavy (non-hydrogen) atoms. The predicted octanol–water partition coefficient (Wildman–Crippen LogP) is 4.57. The predicted molar refractivity (Wildman–Crippen MR) is 81.5 cm³/mol. The highest BCUT2D eigenvalue weighted by Crippen LogP contribution is 2.24. The minimum absolute atomic E-state index is 0.394. The Morgan fingerprint density at radius 1 is 0.947 bits per heavy atom. The molecule has 0 spiro atoms. The Bertz CT molecular complexity index is 569. The molecule has 0 aliphatic carbocycles. The average molecular weight is 252 g/mol. The van der Waals surface area contributed by atoms with Crippen molar-refractivity contribution in [2.45, 2.75) is 27.2 Å². The van der Waals surface area contributed by atoms with Crippen LogP contribution in [0.5, 0.6) is 5.75 Å². The molecule has 0 radical (unpaired) electrons. The molecule has 1 N–H and O–H groups in total. The number of aromatic hydroxyl groups is 1. The molecule has 0 aromatic heterocycles. The Morgan fingerprint density at radius 3 is 2.26 bits per heavy atom. The molecule has 0 aliphatic rings. The summed E-state index contributed by atoms with van der Waals surface area (Å²) in [6, 6.07) is 12.3. The molecule has 0 fully saturated rings. The minimum atomic E-state index is 0.394. The van der Waals surface area contributed by atoms with Crippen molar-refractivity contribution in [3.63, 3.8) is 0 Å². The SMILES string of the molecule is Cc1ccc(/C=C/Cc2c(C)cc(C)cc2O)cc1. The van der Waals surface area contributed by atoms with Gasteiger partial charge in [-0.3, -0.25) is 0 Å². The number of rotatable bonds is 3. The standard InChI is InChI=1S/C18H20O/c1-13-7-9-16(10-8-13)5-4-6-17-15(3)11-14(2)12-18(17)19/h4-5,7-12,19H,6H2,1-3H3/b5-4+. The number of allylic oxidation sites excluding steroid dienone is 1. The van der Waals surface area contributed by atoms with Gasteiger partial charge in [-0.15, -0.1) is 0 Å². The summed E-state index contributed by atoms with van der Waals surface area (Å²) in [6.45, 7) is 6.13. The Hall–Kier alpha value is -2.02. The van der Waals surface area contributed by atoms with Crippen LogP contribution in [-0.2, 0) is 6.42 Å². The van der Waals surface area contributed by atoms with Gasteiger partial charge in [0.1, 0.15) is 5.75 Å². The summed E-state index contributed by atoms with van der Waals surface area (Å²) >= 11 is 0. The summed E-state index contributed by atoms with van der Waals surface area (Å²) in [5, 5.41) is 9.97. The summed E-state index contributed by atoms with van der Waals surface area (Å²) < 4.78 is 0. The zero-order valence-electron chi connectivity index (χ0n) is 11.8. The van der Waals surface area contributed by atoms with Gasteiger partial charge >= 0.3 is 0 Å². The molecule has 0 unspecified atom stereocenters. The lowest BCUT2D eigenvalue weighted by molar-refractivity contribution is 0.468. The fourth-order valence-corrected chi connectivity index (χ4v) is 2.23. The fraction of sp³-hybridized carbons (Fsp3) is 0.222. The van der Waals surface area contributed by atoms with Crippen LogP contribution in [0.2, 0.25) is 0 Å². The number of phenols is 1. The molecule has 0 heterocycles. The van der Waals surface area contributed by atoms with E-state index in [9.17, 15) is 5.11 Å². The van der Waals surface area contributed by atoms with Crippen LogP contribution in [0.25, 0.3) is 6.08 Å². The molecule has 98 valence electrons. The van der Waals surface area contributed by atoms with Gasteiger partial charge in [-0.05, 0) is 49.9 Å². The van der Waals surface area contributed by atoms with Crippen LogP contribution < -0.4 is 0 Å². The van der Waals surface area contributed by atoms with Crippen molar-refractivity contribution in [3.05, 3.63) is 70.3 Å². The summed E-state index contributed by atoms with van der Waals surface area (Å²) in [6.07, 6.45) is 4.95. The van der Waals surface area contributed by atoms with E-state index in [0.29, 0.717) is 5.75 Å². The van der Waals surface area contributed by atoms with E-state index in [1.807, 2.05) is 19.9 Å². The van der Waals surface area contributed by atoms with Gasteiger partial charge in [-0.25, -0.2) is 0 Å². The first-order chi connectivity index (χ1) is 9.06. The summed E-state index contributed by atoms with van der Waals surface area (Å²) in [5.41, 5.74) is 5.71. The van der Waals surface area contributed by atoms with Crippen molar-refractivity contribution in [3.8, 4) is 5.75 Å². The lowest BCUT2D eigenvalue weighted by Crippen LogP contribution is -1.89. The maximum absolute atomic E-state index is 9.97.